The van der Waals surface area contributed by atoms with Gasteiger partial charge in [-0.3, -0.25) is 4.79 Å². The molecular formula is C28H28N2O2. The quantitative estimate of drug-likeness (QED) is 0.454. The van der Waals surface area contributed by atoms with Gasteiger partial charge in [-0.15, -0.1) is 0 Å². The average Bonchev–Trinajstić information content (AvgIpc) is 3.21. The Morgan fingerprint density at radius 3 is 2.59 bits per heavy atom. The number of nitrogens with one attached hydrogen (secondary N) is 1. The molecule has 0 saturated heterocycles. The number of carbonyl (C=O) groups is 1. The maximum atomic E-state index is 13.4. The van der Waals surface area contributed by atoms with Gasteiger partial charge in [0.25, 0.3) is 0 Å². The summed E-state index contributed by atoms with van der Waals surface area (Å²) in [5.41, 5.74) is 7.05. The Bertz CT molecular complexity index is 1240. The highest BCUT2D eigenvalue weighted by Crippen LogP contribution is 2.39. The molecule has 1 amide bonds. The number of aryl methyl sites for hydroxylation is 2. The van der Waals surface area contributed by atoms with Crippen molar-refractivity contribution in [3.63, 3.8) is 0 Å². The first-order chi connectivity index (χ1) is 15.6. The summed E-state index contributed by atoms with van der Waals surface area (Å²) in [4.78, 5) is 19.1. The number of rotatable bonds is 5. The van der Waals surface area contributed by atoms with Gasteiger partial charge in [0.1, 0.15) is 5.75 Å². The number of aromatic nitrogens is 1. The monoisotopic (exact) mass is 424 g/mol. The van der Waals surface area contributed by atoms with Gasteiger partial charge in [0, 0.05) is 29.6 Å². The topological polar surface area (TPSA) is 45.3 Å². The third-order valence-corrected chi connectivity index (χ3v) is 6.52. The third kappa shape index (κ3) is 3.77. The molecule has 4 nitrogen and oxygen atoms in total. The molecule has 0 aliphatic carbocycles. The second-order valence-electron chi connectivity index (χ2n) is 8.56. The molecule has 2 heterocycles. The average molecular weight is 425 g/mol. The van der Waals surface area contributed by atoms with Crippen LogP contribution in [-0.4, -0.2) is 29.4 Å². The molecule has 32 heavy (non-hydrogen) atoms. The SMILES string of the molecule is COc1ccc2[nH]c3c(c2c1)CCN(C(=O)CCc1ccccc1)C3c1ccc(C)cc1. The number of fused-ring (bicyclic) bond motifs is 3. The highest BCUT2D eigenvalue weighted by atomic mass is 16.5. The highest BCUT2D eigenvalue weighted by molar-refractivity contribution is 5.88. The third-order valence-electron chi connectivity index (χ3n) is 6.52. The lowest BCUT2D eigenvalue weighted by Gasteiger charge is -2.36. The van der Waals surface area contributed by atoms with Crippen molar-refractivity contribution < 1.29 is 9.53 Å². The zero-order valence-corrected chi connectivity index (χ0v) is 18.6. The number of carbonyl (C=O) groups excluding carboxylic acids is 1. The van der Waals surface area contributed by atoms with Crippen molar-refractivity contribution in [3.05, 3.63) is 101 Å². The molecule has 0 bridgehead atoms. The van der Waals surface area contributed by atoms with E-state index in [4.69, 9.17) is 4.74 Å². The summed E-state index contributed by atoms with van der Waals surface area (Å²) < 4.78 is 5.46. The van der Waals surface area contributed by atoms with E-state index < -0.39 is 0 Å². The second-order valence-corrected chi connectivity index (χ2v) is 8.56. The molecule has 1 N–H and O–H groups in total. The molecule has 1 unspecified atom stereocenters. The first-order valence-electron chi connectivity index (χ1n) is 11.2. The fourth-order valence-corrected chi connectivity index (χ4v) is 4.80. The van der Waals surface area contributed by atoms with Gasteiger partial charge in [-0.05, 0) is 54.7 Å². The molecule has 4 heteroatoms. The van der Waals surface area contributed by atoms with E-state index >= 15 is 0 Å². The molecule has 162 valence electrons. The van der Waals surface area contributed by atoms with E-state index in [-0.39, 0.29) is 11.9 Å². The lowest BCUT2D eigenvalue weighted by atomic mass is 9.91. The Hall–Kier alpha value is -3.53. The van der Waals surface area contributed by atoms with E-state index in [1.54, 1.807) is 7.11 Å². The second kappa shape index (κ2) is 8.54. The Morgan fingerprint density at radius 2 is 1.84 bits per heavy atom. The van der Waals surface area contributed by atoms with Crippen LogP contribution in [0, 0.1) is 6.92 Å². The largest absolute Gasteiger partial charge is 0.497 e. The first kappa shape index (κ1) is 20.4. The van der Waals surface area contributed by atoms with Gasteiger partial charge < -0.3 is 14.6 Å². The molecule has 4 aromatic rings. The number of benzene rings is 3. The smallest absolute Gasteiger partial charge is 0.223 e. The Morgan fingerprint density at radius 1 is 1.06 bits per heavy atom. The first-order valence-corrected chi connectivity index (χ1v) is 11.2. The predicted octanol–water partition coefficient (Wildman–Crippen LogP) is 5.59. The van der Waals surface area contributed by atoms with Gasteiger partial charge in [0.15, 0.2) is 0 Å². The number of aromatic amines is 1. The zero-order chi connectivity index (χ0) is 22.1. The fraction of sp³-hybridized carbons (Fsp3) is 0.250. The van der Waals surface area contributed by atoms with Crippen LogP contribution in [0.5, 0.6) is 5.75 Å². The van der Waals surface area contributed by atoms with Gasteiger partial charge in [-0.1, -0.05) is 60.2 Å². The van der Waals surface area contributed by atoms with E-state index in [1.165, 1.54) is 22.1 Å². The summed E-state index contributed by atoms with van der Waals surface area (Å²) >= 11 is 0. The molecule has 1 aliphatic heterocycles. The fourth-order valence-electron chi connectivity index (χ4n) is 4.80. The van der Waals surface area contributed by atoms with Crippen LogP contribution in [0.1, 0.15) is 40.4 Å². The van der Waals surface area contributed by atoms with Crippen LogP contribution in [0.25, 0.3) is 10.9 Å². The summed E-state index contributed by atoms with van der Waals surface area (Å²) in [5.74, 6) is 1.05. The molecule has 5 rings (SSSR count). The van der Waals surface area contributed by atoms with Crippen molar-refractivity contribution in [2.24, 2.45) is 0 Å². The standard InChI is InChI=1S/C28H28N2O2/c1-19-8-11-21(12-9-19)28-27-23(24-18-22(32-2)13-14-25(24)29-27)16-17-30(28)26(31)15-10-20-6-4-3-5-7-20/h3-9,11-14,18,28-29H,10,15-17H2,1-2H3. The van der Waals surface area contributed by atoms with E-state index in [0.717, 1.165) is 35.4 Å². The molecule has 3 aromatic carbocycles. The molecule has 0 radical (unpaired) electrons. The molecule has 0 fully saturated rings. The van der Waals surface area contributed by atoms with Gasteiger partial charge >= 0.3 is 0 Å². The van der Waals surface area contributed by atoms with Crippen molar-refractivity contribution in [2.45, 2.75) is 32.2 Å². The van der Waals surface area contributed by atoms with E-state index in [1.807, 2.05) is 24.3 Å². The number of ether oxygens (including phenoxy) is 1. The summed E-state index contributed by atoms with van der Waals surface area (Å²) in [6, 6.07) is 24.8. The molecule has 1 aromatic heterocycles. The van der Waals surface area contributed by atoms with E-state index in [9.17, 15) is 4.79 Å². The molecule has 0 saturated carbocycles. The number of nitrogens with zero attached hydrogens (tertiary/aromatic N) is 1. The zero-order valence-electron chi connectivity index (χ0n) is 18.6. The van der Waals surface area contributed by atoms with Gasteiger partial charge in [-0.25, -0.2) is 0 Å². The maximum Gasteiger partial charge on any atom is 0.223 e. The summed E-state index contributed by atoms with van der Waals surface area (Å²) in [7, 11) is 1.70. The molecular weight excluding hydrogens is 396 g/mol. The van der Waals surface area contributed by atoms with Crippen LogP contribution >= 0.6 is 0 Å². The van der Waals surface area contributed by atoms with Crippen molar-refractivity contribution in [2.75, 3.05) is 13.7 Å². The van der Waals surface area contributed by atoms with Crippen molar-refractivity contribution in [1.29, 1.82) is 0 Å². The normalized spacial score (nSPS) is 15.6. The van der Waals surface area contributed by atoms with Crippen molar-refractivity contribution in [1.82, 2.24) is 9.88 Å². The Kier molecular flexibility index (Phi) is 5.44. The van der Waals surface area contributed by atoms with Crippen LogP contribution in [0.3, 0.4) is 0 Å². The van der Waals surface area contributed by atoms with Crippen LogP contribution < -0.4 is 4.74 Å². The minimum atomic E-state index is -0.110. The van der Waals surface area contributed by atoms with Crippen molar-refractivity contribution in [3.8, 4) is 5.75 Å². The number of H-pyrrole nitrogens is 1. The van der Waals surface area contributed by atoms with E-state index in [0.29, 0.717) is 13.0 Å². The number of hydrogen-bond donors (Lipinski definition) is 1. The summed E-state index contributed by atoms with van der Waals surface area (Å²) in [6.45, 7) is 2.80. The van der Waals surface area contributed by atoms with Crippen molar-refractivity contribution >= 4 is 16.8 Å². The van der Waals surface area contributed by atoms with Crippen LogP contribution in [0.4, 0.5) is 0 Å². The number of amides is 1. The van der Waals surface area contributed by atoms with Gasteiger partial charge in [0.2, 0.25) is 5.91 Å². The Balaban J connectivity index is 1.53. The molecule has 1 atom stereocenters. The maximum absolute atomic E-state index is 13.4. The minimum absolute atomic E-state index is 0.110. The van der Waals surface area contributed by atoms with E-state index in [2.05, 4.69) is 65.3 Å². The molecule has 0 spiro atoms. The van der Waals surface area contributed by atoms with Gasteiger partial charge in [0.05, 0.1) is 13.2 Å². The minimum Gasteiger partial charge on any atom is -0.497 e. The molecule has 1 aliphatic rings. The highest BCUT2D eigenvalue weighted by Gasteiger charge is 2.34. The lowest BCUT2D eigenvalue weighted by Crippen LogP contribution is -2.40. The van der Waals surface area contributed by atoms with Gasteiger partial charge in [-0.2, -0.15) is 0 Å². The van der Waals surface area contributed by atoms with Crippen LogP contribution in [0.15, 0.2) is 72.8 Å². The number of methoxy groups -OCH3 is 1. The summed E-state index contributed by atoms with van der Waals surface area (Å²) in [5, 5.41) is 1.19. The number of hydrogen-bond acceptors (Lipinski definition) is 2. The summed E-state index contributed by atoms with van der Waals surface area (Å²) in [6.07, 6.45) is 2.10. The lowest BCUT2D eigenvalue weighted by molar-refractivity contribution is -0.133. The Labute approximate surface area is 188 Å². The van der Waals surface area contributed by atoms with Crippen LogP contribution in [-0.2, 0) is 17.6 Å². The van der Waals surface area contributed by atoms with Crippen LogP contribution in [0.2, 0.25) is 0 Å². The predicted molar refractivity (Wildman–Crippen MR) is 128 cm³/mol.